The van der Waals surface area contributed by atoms with Crippen molar-refractivity contribution in [3.63, 3.8) is 0 Å². The second-order valence-electron chi connectivity index (χ2n) is 12.7. The number of nitrogens with one attached hydrogen (secondary N) is 1. The minimum atomic E-state index is -1.05. The van der Waals surface area contributed by atoms with Gasteiger partial charge in [-0.3, -0.25) is 0 Å². The van der Waals surface area contributed by atoms with Crippen LogP contribution in [0.1, 0.15) is 87.9 Å². The first-order chi connectivity index (χ1) is 22.1. The number of fused-ring (bicyclic) bond motifs is 1. The van der Waals surface area contributed by atoms with E-state index in [0.29, 0.717) is 19.6 Å². The zero-order valence-electron chi connectivity index (χ0n) is 26.4. The lowest BCUT2D eigenvalue weighted by molar-refractivity contribution is -0.0907. The largest absolute Gasteiger partial charge is 0.443 e. The third-order valence-electron chi connectivity index (χ3n) is 9.28. The van der Waals surface area contributed by atoms with Crippen molar-refractivity contribution in [2.75, 3.05) is 26.3 Å². The Morgan fingerprint density at radius 3 is 2.29 bits per heavy atom. The molecule has 1 unspecified atom stereocenters. The molecule has 3 fully saturated rings. The Hall–Kier alpha value is -3.14. The van der Waals surface area contributed by atoms with Gasteiger partial charge in [-0.25, -0.2) is 9.59 Å². The van der Waals surface area contributed by atoms with Gasteiger partial charge in [0.25, 0.3) is 0 Å². The summed E-state index contributed by atoms with van der Waals surface area (Å²) < 4.78 is 23.1. The number of cyclic esters (lactones) is 1. The molecule has 246 valence electrons. The van der Waals surface area contributed by atoms with Crippen LogP contribution in [-0.2, 0) is 25.4 Å². The van der Waals surface area contributed by atoms with E-state index in [2.05, 4.69) is 5.32 Å². The number of hydrogen-bond donors (Lipinski definition) is 2. The number of nitrogens with zero attached hydrogens (tertiary/aromatic N) is 1. The van der Waals surface area contributed by atoms with Crippen LogP contribution in [0.5, 0.6) is 0 Å². The second-order valence-corrected chi connectivity index (χ2v) is 12.7. The molecule has 9 heteroatoms. The Morgan fingerprint density at radius 2 is 1.56 bits per heavy atom. The molecule has 2 N–H and O–H groups in total. The molecule has 0 bridgehead atoms. The summed E-state index contributed by atoms with van der Waals surface area (Å²) in [5.41, 5.74) is 1.94. The van der Waals surface area contributed by atoms with Crippen LogP contribution in [0, 0.1) is 5.92 Å². The van der Waals surface area contributed by atoms with Crippen LogP contribution in [-0.4, -0.2) is 73.0 Å². The van der Waals surface area contributed by atoms with E-state index in [1.54, 1.807) is 4.90 Å². The van der Waals surface area contributed by atoms with Crippen LogP contribution >= 0.6 is 0 Å². The van der Waals surface area contributed by atoms with Crippen molar-refractivity contribution >= 4 is 12.2 Å². The molecule has 0 aromatic heterocycles. The van der Waals surface area contributed by atoms with E-state index >= 15 is 0 Å². The maximum absolute atomic E-state index is 13.8. The van der Waals surface area contributed by atoms with E-state index in [9.17, 15) is 14.7 Å². The number of rotatable bonds is 8. The van der Waals surface area contributed by atoms with E-state index in [1.807, 2.05) is 60.7 Å². The summed E-state index contributed by atoms with van der Waals surface area (Å²) in [7, 11) is 0. The van der Waals surface area contributed by atoms with E-state index < -0.39 is 30.4 Å². The third-order valence-corrected chi connectivity index (χ3v) is 9.28. The molecule has 0 aliphatic carbocycles. The molecule has 0 spiro atoms. The maximum Gasteiger partial charge on any atom is 0.410 e. The molecular formula is C36H50N2O7. The number of β-amino-alcohol motifs (C(OH)–C–C–N with tert-alkyl or cyclic N) is 1. The van der Waals surface area contributed by atoms with Crippen molar-refractivity contribution in [2.45, 2.75) is 108 Å². The molecule has 5 rings (SSSR count). The third kappa shape index (κ3) is 10.2. The highest BCUT2D eigenvalue weighted by atomic mass is 16.7. The zero-order valence-corrected chi connectivity index (χ0v) is 26.4. The number of alkyl carbamates (subject to hydrolysis) is 1. The van der Waals surface area contributed by atoms with Gasteiger partial charge in [0.15, 0.2) is 6.29 Å². The van der Waals surface area contributed by atoms with Crippen molar-refractivity contribution in [1.82, 2.24) is 10.2 Å². The summed E-state index contributed by atoms with van der Waals surface area (Å²) in [6, 6.07) is 18.9. The quantitative estimate of drug-likeness (QED) is 0.344. The van der Waals surface area contributed by atoms with Gasteiger partial charge in [-0.1, -0.05) is 106 Å². The van der Waals surface area contributed by atoms with E-state index in [4.69, 9.17) is 18.9 Å². The first-order valence-electron chi connectivity index (χ1n) is 17.0. The molecular weight excluding hydrogens is 572 g/mol. The van der Waals surface area contributed by atoms with Gasteiger partial charge in [-0.05, 0) is 43.2 Å². The Labute approximate surface area is 267 Å². The average Bonchev–Trinajstić information content (AvgIpc) is 3.67. The fraction of sp³-hybridized carbons (Fsp3) is 0.611. The van der Waals surface area contributed by atoms with E-state index in [-0.39, 0.29) is 31.5 Å². The highest BCUT2D eigenvalue weighted by Gasteiger charge is 2.44. The van der Waals surface area contributed by atoms with Gasteiger partial charge in [0.1, 0.15) is 12.2 Å². The molecule has 2 amide bonds. The Morgan fingerprint density at radius 1 is 0.889 bits per heavy atom. The van der Waals surface area contributed by atoms with Gasteiger partial charge >= 0.3 is 12.2 Å². The molecule has 9 nitrogen and oxygen atoms in total. The monoisotopic (exact) mass is 622 g/mol. The lowest BCUT2D eigenvalue weighted by Crippen LogP contribution is -2.51. The summed E-state index contributed by atoms with van der Waals surface area (Å²) in [4.78, 5) is 28.5. The molecule has 0 radical (unpaired) electrons. The summed E-state index contributed by atoms with van der Waals surface area (Å²) in [5, 5.41) is 14.5. The summed E-state index contributed by atoms with van der Waals surface area (Å²) in [6.45, 7) is 1.38. The Kier molecular flexibility index (Phi) is 12.9. The van der Waals surface area contributed by atoms with Crippen molar-refractivity contribution in [2.24, 2.45) is 5.92 Å². The predicted octanol–water partition coefficient (Wildman–Crippen LogP) is 6.54. The van der Waals surface area contributed by atoms with E-state index in [0.717, 1.165) is 56.1 Å². The van der Waals surface area contributed by atoms with Gasteiger partial charge in [0.2, 0.25) is 0 Å². The minimum absolute atomic E-state index is 0.0145. The Bertz CT molecular complexity index is 1170. The summed E-state index contributed by atoms with van der Waals surface area (Å²) in [5.74, 6) is 0.0145. The second kappa shape index (κ2) is 17.5. The van der Waals surface area contributed by atoms with Crippen LogP contribution in [0.25, 0.3) is 0 Å². The van der Waals surface area contributed by atoms with Crippen molar-refractivity contribution in [1.29, 1.82) is 0 Å². The van der Waals surface area contributed by atoms with Crippen molar-refractivity contribution in [3.8, 4) is 0 Å². The van der Waals surface area contributed by atoms with Crippen LogP contribution in [0.2, 0.25) is 0 Å². The van der Waals surface area contributed by atoms with E-state index in [1.165, 1.54) is 25.7 Å². The molecule has 6 atom stereocenters. The topological polar surface area (TPSA) is 107 Å². The highest BCUT2D eigenvalue weighted by Crippen LogP contribution is 2.33. The molecule has 45 heavy (non-hydrogen) atoms. The van der Waals surface area contributed by atoms with Gasteiger partial charge in [-0.15, -0.1) is 0 Å². The average molecular weight is 623 g/mol. The van der Waals surface area contributed by atoms with Crippen LogP contribution in [0.3, 0.4) is 0 Å². The maximum atomic E-state index is 13.8. The first kappa shape index (κ1) is 33.2. The molecule has 0 saturated carbocycles. The Balaban J connectivity index is 1.28. The SMILES string of the molecule is O=C(N[C@@H](Cc1ccccc1)[C@H](O)CN1CCCCCCCCCCCC(c2ccccc2)OC1=O)O[C@H]1CO[C@H]2OCC[C@H]21. The first-order valence-corrected chi connectivity index (χ1v) is 17.0. The molecule has 3 aliphatic heterocycles. The predicted molar refractivity (Wildman–Crippen MR) is 171 cm³/mol. The number of ether oxygens (including phenoxy) is 4. The molecule has 3 saturated heterocycles. The van der Waals surface area contributed by atoms with Crippen LogP contribution in [0.4, 0.5) is 9.59 Å². The summed E-state index contributed by atoms with van der Waals surface area (Å²) >= 11 is 0. The molecule has 2 aromatic carbocycles. The van der Waals surface area contributed by atoms with Crippen LogP contribution in [0.15, 0.2) is 60.7 Å². The van der Waals surface area contributed by atoms with Crippen molar-refractivity contribution < 1.29 is 33.6 Å². The number of carbonyl (C=O) groups is 2. The standard InChI is InChI=1S/C36H50N2O7/c39-31(30(24-27-16-10-8-11-17-27)37-35(40)44-33-26-43-34-29(33)21-23-42-34)25-38-22-15-7-5-3-1-2-4-6-14-20-32(45-36(38)41)28-18-12-9-13-19-28/h8-13,16-19,29-34,39H,1-7,14-15,20-26H2,(H,37,40)/t29-,30-,31+,32?,33-,34+/m0/s1. The van der Waals surface area contributed by atoms with Gasteiger partial charge in [0.05, 0.1) is 37.8 Å². The number of amides is 2. The highest BCUT2D eigenvalue weighted by molar-refractivity contribution is 5.69. The lowest BCUT2D eigenvalue weighted by atomic mass is 10.0. The van der Waals surface area contributed by atoms with Gasteiger partial charge in [0, 0.05) is 6.54 Å². The van der Waals surface area contributed by atoms with Crippen LogP contribution < -0.4 is 5.32 Å². The fourth-order valence-electron chi connectivity index (χ4n) is 6.66. The number of aliphatic hydroxyl groups excluding tert-OH is 1. The fourth-order valence-corrected chi connectivity index (χ4v) is 6.66. The molecule has 2 aromatic rings. The van der Waals surface area contributed by atoms with Crippen molar-refractivity contribution in [3.05, 3.63) is 71.8 Å². The number of benzene rings is 2. The van der Waals surface area contributed by atoms with Gasteiger partial charge < -0.3 is 34.3 Å². The number of carbonyl (C=O) groups excluding carboxylic acids is 2. The lowest BCUT2D eigenvalue weighted by Gasteiger charge is -2.31. The molecule has 3 aliphatic rings. The number of aliphatic hydroxyl groups is 1. The normalized spacial score (nSPS) is 26.5. The minimum Gasteiger partial charge on any atom is -0.443 e. The number of hydrogen-bond acceptors (Lipinski definition) is 7. The molecule has 3 heterocycles. The van der Waals surface area contributed by atoms with Gasteiger partial charge in [-0.2, -0.15) is 0 Å². The summed E-state index contributed by atoms with van der Waals surface area (Å²) in [6.07, 6.45) is 8.69. The smallest absolute Gasteiger partial charge is 0.410 e. The zero-order chi connectivity index (χ0) is 31.3.